The van der Waals surface area contributed by atoms with E-state index in [1.165, 1.54) is 5.56 Å². The van der Waals surface area contributed by atoms with Crippen LogP contribution in [0.3, 0.4) is 0 Å². The standard InChI is InChI=1S/C19H18ClN/c1-12(2)15-9-10-17-16(11-15)18(20)13(3)19(21-17)14-7-5-4-6-8-14/h4-12H,1-3H3. The summed E-state index contributed by atoms with van der Waals surface area (Å²) in [5, 5.41) is 1.85. The Bertz CT molecular complexity index is 792. The fraction of sp³-hybridized carbons (Fsp3) is 0.211. The summed E-state index contributed by atoms with van der Waals surface area (Å²) in [6.45, 7) is 6.42. The van der Waals surface area contributed by atoms with Crippen molar-refractivity contribution in [3.8, 4) is 11.3 Å². The Balaban J connectivity index is 2.27. The summed E-state index contributed by atoms with van der Waals surface area (Å²) in [6, 6.07) is 16.6. The second-order valence-corrected chi connectivity index (χ2v) is 6.07. The topological polar surface area (TPSA) is 12.9 Å². The molecule has 0 aliphatic carbocycles. The highest BCUT2D eigenvalue weighted by atomic mass is 35.5. The van der Waals surface area contributed by atoms with Crippen LogP contribution in [0.1, 0.15) is 30.9 Å². The fourth-order valence-corrected chi connectivity index (χ4v) is 2.81. The molecule has 0 atom stereocenters. The van der Waals surface area contributed by atoms with Crippen molar-refractivity contribution in [1.29, 1.82) is 0 Å². The lowest BCUT2D eigenvalue weighted by molar-refractivity contribution is 0.868. The van der Waals surface area contributed by atoms with Gasteiger partial charge in [0, 0.05) is 10.9 Å². The van der Waals surface area contributed by atoms with Gasteiger partial charge in [-0.25, -0.2) is 4.98 Å². The van der Waals surface area contributed by atoms with E-state index in [9.17, 15) is 0 Å². The van der Waals surface area contributed by atoms with Crippen molar-refractivity contribution in [2.24, 2.45) is 0 Å². The van der Waals surface area contributed by atoms with Gasteiger partial charge < -0.3 is 0 Å². The third kappa shape index (κ3) is 2.54. The van der Waals surface area contributed by atoms with E-state index in [1.807, 2.05) is 25.1 Å². The maximum atomic E-state index is 6.62. The van der Waals surface area contributed by atoms with Crippen LogP contribution in [-0.4, -0.2) is 4.98 Å². The largest absolute Gasteiger partial charge is 0.247 e. The Morgan fingerprint density at radius 1 is 1.00 bits per heavy atom. The van der Waals surface area contributed by atoms with Crippen LogP contribution in [0.15, 0.2) is 48.5 Å². The highest BCUT2D eigenvalue weighted by molar-refractivity contribution is 6.36. The minimum atomic E-state index is 0.486. The zero-order valence-electron chi connectivity index (χ0n) is 12.5. The van der Waals surface area contributed by atoms with Gasteiger partial charge in [-0.2, -0.15) is 0 Å². The molecule has 0 spiro atoms. The number of benzene rings is 2. The third-order valence-corrected chi connectivity index (χ3v) is 4.37. The van der Waals surface area contributed by atoms with Crippen LogP contribution in [0.2, 0.25) is 5.02 Å². The third-order valence-electron chi connectivity index (χ3n) is 3.89. The molecular weight excluding hydrogens is 278 g/mol. The zero-order chi connectivity index (χ0) is 15.0. The van der Waals surface area contributed by atoms with Gasteiger partial charge in [-0.3, -0.25) is 0 Å². The molecule has 2 aromatic carbocycles. The molecule has 0 fully saturated rings. The molecule has 0 radical (unpaired) electrons. The van der Waals surface area contributed by atoms with Crippen LogP contribution < -0.4 is 0 Å². The van der Waals surface area contributed by atoms with Gasteiger partial charge in [-0.1, -0.05) is 61.8 Å². The van der Waals surface area contributed by atoms with Gasteiger partial charge in [-0.15, -0.1) is 0 Å². The molecule has 3 aromatic rings. The van der Waals surface area contributed by atoms with E-state index in [0.29, 0.717) is 5.92 Å². The van der Waals surface area contributed by atoms with Crippen LogP contribution >= 0.6 is 11.6 Å². The van der Waals surface area contributed by atoms with Crippen molar-refractivity contribution < 1.29 is 0 Å². The number of hydrogen-bond acceptors (Lipinski definition) is 1. The highest BCUT2D eigenvalue weighted by Gasteiger charge is 2.12. The van der Waals surface area contributed by atoms with Gasteiger partial charge in [0.15, 0.2) is 0 Å². The maximum Gasteiger partial charge on any atom is 0.0753 e. The van der Waals surface area contributed by atoms with Crippen molar-refractivity contribution in [3.05, 3.63) is 64.7 Å². The minimum Gasteiger partial charge on any atom is -0.247 e. The average molecular weight is 296 g/mol. The summed E-state index contributed by atoms with van der Waals surface area (Å²) in [5.74, 6) is 0.486. The molecule has 1 aromatic heterocycles. The molecule has 0 unspecified atom stereocenters. The monoisotopic (exact) mass is 295 g/mol. The van der Waals surface area contributed by atoms with Crippen LogP contribution in [-0.2, 0) is 0 Å². The first kappa shape index (κ1) is 14.1. The Kier molecular flexibility index (Phi) is 3.69. The van der Waals surface area contributed by atoms with E-state index in [0.717, 1.165) is 32.7 Å². The number of pyridine rings is 1. The lowest BCUT2D eigenvalue weighted by Gasteiger charge is -2.13. The summed E-state index contributed by atoms with van der Waals surface area (Å²) in [4.78, 5) is 4.82. The molecule has 0 N–H and O–H groups in total. The summed E-state index contributed by atoms with van der Waals surface area (Å²) in [6.07, 6.45) is 0. The van der Waals surface area contributed by atoms with E-state index < -0.39 is 0 Å². The second-order valence-electron chi connectivity index (χ2n) is 5.70. The number of hydrogen-bond donors (Lipinski definition) is 0. The number of halogens is 1. The summed E-state index contributed by atoms with van der Waals surface area (Å²) >= 11 is 6.62. The number of fused-ring (bicyclic) bond motifs is 1. The summed E-state index contributed by atoms with van der Waals surface area (Å²) < 4.78 is 0. The molecule has 1 heterocycles. The first-order valence-electron chi connectivity index (χ1n) is 7.23. The van der Waals surface area contributed by atoms with Crippen molar-refractivity contribution in [1.82, 2.24) is 4.98 Å². The lowest BCUT2D eigenvalue weighted by Crippen LogP contribution is -1.94. The van der Waals surface area contributed by atoms with E-state index in [1.54, 1.807) is 0 Å². The molecular formula is C19H18ClN. The van der Waals surface area contributed by atoms with E-state index in [4.69, 9.17) is 16.6 Å². The molecule has 0 amide bonds. The highest BCUT2D eigenvalue weighted by Crippen LogP contribution is 2.34. The van der Waals surface area contributed by atoms with Gasteiger partial charge in [0.05, 0.1) is 16.2 Å². The van der Waals surface area contributed by atoms with Crippen LogP contribution in [0.25, 0.3) is 22.2 Å². The molecule has 1 nitrogen and oxygen atoms in total. The van der Waals surface area contributed by atoms with Crippen molar-refractivity contribution in [2.75, 3.05) is 0 Å². The first-order valence-corrected chi connectivity index (χ1v) is 7.61. The van der Waals surface area contributed by atoms with E-state index >= 15 is 0 Å². The van der Waals surface area contributed by atoms with E-state index in [2.05, 4.69) is 44.2 Å². The molecule has 0 saturated heterocycles. The van der Waals surface area contributed by atoms with Gasteiger partial charge in [0.1, 0.15) is 0 Å². The maximum absolute atomic E-state index is 6.62. The molecule has 3 rings (SSSR count). The van der Waals surface area contributed by atoms with Gasteiger partial charge in [0.2, 0.25) is 0 Å². The molecule has 0 aliphatic heterocycles. The molecule has 106 valence electrons. The minimum absolute atomic E-state index is 0.486. The molecule has 2 heteroatoms. The molecule has 0 aliphatic rings. The number of rotatable bonds is 2. The molecule has 0 saturated carbocycles. The zero-order valence-corrected chi connectivity index (χ0v) is 13.3. The fourth-order valence-electron chi connectivity index (χ4n) is 2.57. The van der Waals surface area contributed by atoms with Crippen molar-refractivity contribution >= 4 is 22.5 Å². The Morgan fingerprint density at radius 3 is 2.38 bits per heavy atom. The van der Waals surface area contributed by atoms with Gasteiger partial charge in [-0.05, 0) is 36.1 Å². The van der Waals surface area contributed by atoms with Crippen LogP contribution in [0, 0.1) is 6.92 Å². The predicted octanol–water partition coefficient (Wildman–Crippen LogP) is 5.99. The Morgan fingerprint density at radius 2 is 1.71 bits per heavy atom. The first-order chi connectivity index (χ1) is 10.1. The lowest BCUT2D eigenvalue weighted by atomic mass is 9.99. The van der Waals surface area contributed by atoms with Crippen LogP contribution in [0.4, 0.5) is 0 Å². The summed E-state index contributed by atoms with van der Waals surface area (Å²) in [7, 11) is 0. The molecule has 0 bridgehead atoms. The Labute approximate surface area is 130 Å². The normalized spacial score (nSPS) is 11.3. The quantitative estimate of drug-likeness (QED) is 0.566. The smallest absolute Gasteiger partial charge is 0.0753 e. The predicted molar refractivity (Wildman–Crippen MR) is 91.0 cm³/mol. The second kappa shape index (κ2) is 5.50. The Hall–Kier alpha value is -1.86. The van der Waals surface area contributed by atoms with Crippen molar-refractivity contribution in [2.45, 2.75) is 26.7 Å². The number of nitrogens with zero attached hydrogens (tertiary/aromatic N) is 1. The number of aromatic nitrogens is 1. The van der Waals surface area contributed by atoms with E-state index in [-0.39, 0.29) is 0 Å². The van der Waals surface area contributed by atoms with Gasteiger partial charge in [0.25, 0.3) is 0 Å². The van der Waals surface area contributed by atoms with Crippen LogP contribution in [0.5, 0.6) is 0 Å². The average Bonchev–Trinajstić information content (AvgIpc) is 2.51. The van der Waals surface area contributed by atoms with Crippen molar-refractivity contribution in [3.63, 3.8) is 0 Å². The summed E-state index contributed by atoms with van der Waals surface area (Å²) in [5.41, 5.74) is 5.35. The molecule has 21 heavy (non-hydrogen) atoms. The van der Waals surface area contributed by atoms with Gasteiger partial charge >= 0.3 is 0 Å². The SMILES string of the molecule is Cc1c(-c2ccccc2)nc2ccc(C(C)C)cc2c1Cl.